The van der Waals surface area contributed by atoms with E-state index in [9.17, 15) is 14.0 Å². The summed E-state index contributed by atoms with van der Waals surface area (Å²) < 4.78 is 19.2. The average molecular weight is 444 g/mol. The Morgan fingerprint density at radius 1 is 1.16 bits per heavy atom. The summed E-state index contributed by atoms with van der Waals surface area (Å²) in [6, 6.07) is 6.79. The van der Waals surface area contributed by atoms with Crippen LogP contribution in [0, 0.1) is 11.7 Å². The second kappa shape index (κ2) is 10.0. The number of rotatable bonds is 7. The first-order valence-electron chi connectivity index (χ1n) is 11.9. The molecule has 2 fully saturated rings. The second-order valence-electron chi connectivity index (χ2n) is 9.41. The van der Waals surface area contributed by atoms with Crippen LogP contribution in [0.15, 0.2) is 35.9 Å². The maximum Gasteiger partial charge on any atom is 0.334 e. The lowest BCUT2D eigenvalue weighted by molar-refractivity contribution is -0.168. The summed E-state index contributed by atoms with van der Waals surface area (Å²) >= 11 is 0. The van der Waals surface area contributed by atoms with E-state index < -0.39 is 11.5 Å². The molecule has 174 valence electrons. The summed E-state index contributed by atoms with van der Waals surface area (Å²) in [5.41, 5.74) is 6.17. The van der Waals surface area contributed by atoms with Crippen molar-refractivity contribution >= 4 is 17.6 Å². The number of primary amides is 1. The smallest absolute Gasteiger partial charge is 0.334 e. The fraction of sp³-hybridized carbons (Fsp3) is 0.600. The zero-order valence-corrected chi connectivity index (χ0v) is 18.7. The van der Waals surface area contributed by atoms with E-state index in [1.807, 2.05) is 12.1 Å². The molecule has 3 aliphatic rings. The number of hydrogen-bond donors (Lipinski definition) is 1. The van der Waals surface area contributed by atoms with Gasteiger partial charge in [-0.25, -0.2) is 9.18 Å². The lowest BCUT2D eigenvalue weighted by Gasteiger charge is -2.39. The third-order valence-corrected chi connectivity index (χ3v) is 7.35. The number of piperazine rings is 1. The highest BCUT2D eigenvalue weighted by atomic mass is 19.1. The molecular weight excluding hydrogens is 409 g/mol. The number of nitrogens with two attached hydrogens (primary N) is 1. The van der Waals surface area contributed by atoms with Crippen LogP contribution in [0.1, 0.15) is 51.4 Å². The van der Waals surface area contributed by atoms with Crippen LogP contribution < -0.4 is 10.6 Å². The van der Waals surface area contributed by atoms with Crippen LogP contribution in [0.4, 0.5) is 10.1 Å². The molecule has 0 bridgehead atoms. The van der Waals surface area contributed by atoms with Crippen LogP contribution in [0.2, 0.25) is 0 Å². The summed E-state index contributed by atoms with van der Waals surface area (Å²) in [4.78, 5) is 29.3. The first kappa shape index (κ1) is 22.8. The Bertz CT molecular complexity index is 856. The van der Waals surface area contributed by atoms with Crippen molar-refractivity contribution in [2.24, 2.45) is 11.7 Å². The Morgan fingerprint density at radius 3 is 2.53 bits per heavy atom. The molecule has 0 atom stereocenters. The number of hydrogen-bond acceptors (Lipinski definition) is 5. The van der Waals surface area contributed by atoms with Gasteiger partial charge in [0.25, 0.3) is 5.91 Å². The van der Waals surface area contributed by atoms with Crippen molar-refractivity contribution in [2.45, 2.75) is 57.0 Å². The topological polar surface area (TPSA) is 75.9 Å². The number of benzene rings is 1. The van der Waals surface area contributed by atoms with Gasteiger partial charge in [-0.2, -0.15) is 0 Å². The molecule has 1 saturated carbocycles. The lowest BCUT2D eigenvalue weighted by atomic mass is 9.77. The number of carbonyl (C=O) groups is 2. The van der Waals surface area contributed by atoms with E-state index in [4.69, 9.17) is 10.5 Å². The van der Waals surface area contributed by atoms with Gasteiger partial charge >= 0.3 is 5.97 Å². The van der Waals surface area contributed by atoms with Gasteiger partial charge in [0.1, 0.15) is 5.82 Å². The fourth-order valence-electron chi connectivity index (χ4n) is 5.20. The van der Waals surface area contributed by atoms with Gasteiger partial charge in [0.2, 0.25) is 0 Å². The van der Waals surface area contributed by atoms with Gasteiger partial charge in [-0.15, -0.1) is 0 Å². The molecule has 1 amide bonds. The van der Waals surface area contributed by atoms with Crippen molar-refractivity contribution in [3.8, 4) is 0 Å². The number of carbonyl (C=O) groups excluding carboxylic acids is 2. The van der Waals surface area contributed by atoms with Gasteiger partial charge in [-0.1, -0.05) is 12.1 Å². The van der Waals surface area contributed by atoms with E-state index in [1.54, 1.807) is 12.1 Å². The molecule has 0 aromatic heterocycles. The lowest BCUT2D eigenvalue weighted by Crippen LogP contribution is -2.50. The Balaban J connectivity index is 1.21. The van der Waals surface area contributed by atoms with Crippen LogP contribution in [0.25, 0.3) is 0 Å². The van der Waals surface area contributed by atoms with Crippen LogP contribution in [0.5, 0.6) is 0 Å². The molecule has 1 aromatic carbocycles. The first-order valence-corrected chi connectivity index (χ1v) is 11.9. The molecule has 0 unspecified atom stereocenters. The largest absolute Gasteiger partial charge is 0.446 e. The minimum atomic E-state index is -1.15. The molecule has 6 nitrogen and oxygen atoms in total. The molecule has 2 aliphatic carbocycles. The van der Waals surface area contributed by atoms with Gasteiger partial charge in [0.05, 0.1) is 0 Å². The Morgan fingerprint density at radius 2 is 1.91 bits per heavy atom. The molecule has 1 aliphatic heterocycles. The van der Waals surface area contributed by atoms with Crippen LogP contribution in [0.3, 0.4) is 0 Å². The van der Waals surface area contributed by atoms with Crippen molar-refractivity contribution in [3.63, 3.8) is 0 Å². The van der Waals surface area contributed by atoms with E-state index in [1.165, 1.54) is 6.07 Å². The van der Waals surface area contributed by atoms with Gasteiger partial charge in [0.15, 0.2) is 5.60 Å². The minimum absolute atomic E-state index is 0.195. The summed E-state index contributed by atoms with van der Waals surface area (Å²) in [5.74, 6) is -0.569. The number of nitrogens with zero attached hydrogens (tertiary/aromatic N) is 2. The Hall–Kier alpha value is -2.41. The monoisotopic (exact) mass is 443 g/mol. The standard InChI is InChI=1S/C25H34FN3O3/c26-21-6-3-7-22(18-21)29-16-14-28(15-17-29)13-10-19-8-11-25(12-9-19,24(27)31)32-23(30)20-4-1-2-5-20/h3-4,6-7,18-19H,1-2,5,8-17H2,(H2,27,31). The van der Waals surface area contributed by atoms with E-state index in [2.05, 4.69) is 9.80 Å². The van der Waals surface area contributed by atoms with Gasteiger partial charge in [-0.3, -0.25) is 9.69 Å². The number of halogens is 1. The van der Waals surface area contributed by atoms with Crippen molar-refractivity contribution in [1.29, 1.82) is 0 Å². The van der Waals surface area contributed by atoms with Crippen LogP contribution in [-0.4, -0.2) is 55.1 Å². The van der Waals surface area contributed by atoms with Gasteiger partial charge < -0.3 is 15.4 Å². The Labute approximate surface area is 189 Å². The predicted octanol–water partition coefficient (Wildman–Crippen LogP) is 3.41. The number of amides is 1. The fourth-order valence-corrected chi connectivity index (χ4v) is 5.20. The highest BCUT2D eigenvalue weighted by Gasteiger charge is 2.44. The summed E-state index contributed by atoms with van der Waals surface area (Å²) in [6.45, 7) is 4.72. The normalized spacial score (nSPS) is 26.6. The summed E-state index contributed by atoms with van der Waals surface area (Å²) in [7, 11) is 0. The number of allylic oxidation sites excluding steroid dienone is 1. The third kappa shape index (κ3) is 5.31. The minimum Gasteiger partial charge on any atom is -0.446 e. The molecule has 7 heteroatoms. The van der Waals surface area contributed by atoms with Gasteiger partial charge in [0, 0.05) is 37.4 Å². The molecule has 0 radical (unpaired) electrons. The molecule has 2 N–H and O–H groups in total. The number of esters is 1. The number of anilines is 1. The Kier molecular flexibility index (Phi) is 7.13. The maximum atomic E-state index is 13.5. The van der Waals surface area contributed by atoms with Gasteiger partial charge in [-0.05, 0) is 82.0 Å². The third-order valence-electron chi connectivity index (χ3n) is 7.35. The molecule has 1 heterocycles. The summed E-state index contributed by atoms with van der Waals surface area (Å²) in [5, 5.41) is 0. The van der Waals surface area contributed by atoms with E-state index in [0.717, 1.165) is 76.9 Å². The average Bonchev–Trinajstić information content (AvgIpc) is 3.34. The van der Waals surface area contributed by atoms with Crippen molar-refractivity contribution in [1.82, 2.24) is 4.90 Å². The molecule has 1 saturated heterocycles. The molecule has 4 rings (SSSR count). The molecule has 0 spiro atoms. The molecular formula is C25H34FN3O3. The van der Waals surface area contributed by atoms with E-state index >= 15 is 0 Å². The summed E-state index contributed by atoms with van der Waals surface area (Å²) in [6.07, 6.45) is 8.28. The van der Waals surface area contributed by atoms with E-state index in [-0.39, 0.29) is 11.8 Å². The second-order valence-corrected chi connectivity index (χ2v) is 9.41. The highest BCUT2D eigenvalue weighted by molar-refractivity contribution is 5.93. The SMILES string of the molecule is NC(=O)C1(OC(=O)C2=CCCC2)CCC(CCN2CCN(c3cccc(F)c3)CC2)CC1. The molecule has 32 heavy (non-hydrogen) atoms. The quantitative estimate of drug-likeness (QED) is 0.654. The van der Waals surface area contributed by atoms with Crippen molar-refractivity contribution in [3.05, 3.63) is 41.7 Å². The zero-order valence-electron chi connectivity index (χ0n) is 18.7. The zero-order chi connectivity index (χ0) is 22.6. The number of ether oxygens (including phenoxy) is 1. The van der Waals surface area contributed by atoms with Crippen molar-refractivity contribution < 1.29 is 18.7 Å². The molecule has 1 aromatic rings. The predicted molar refractivity (Wildman–Crippen MR) is 122 cm³/mol. The van der Waals surface area contributed by atoms with Crippen molar-refractivity contribution in [2.75, 3.05) is 37.6 Å². The van der Waals surface area contributed by atoms with E-state index in [0.29, 0.717) is 24.3 Å². The van der Waals surface area contributed by atoms with Crippen LogP contribution in [-0.2, 0) is 14.3 Å². The highest BCUT2D eigenvalue weighted by Crippen LogP contribution is 2.37. The maximum absolute atomic E-state index is 13.5. The van der Waals surface area contributed by atoms with Crippen LogP contribution >= 0.6 is 0 Å². The first-order chi connectivity index (χ1) is 15.4.